The quantitative estimate of drug-likeness (QED) is 0.357. The zero-order valence-corrected chi connectivity index (χ0v) is 11.0. The van der Waals surface area contributed by atoms with Gasteiger partial charge in [0.2, 0.25) is 0 Å². The summed E-state index contributed by atoms with van der Waals surface area (Å²) in [4.78, 5) is 10.6. The van der Waals surface area contributed by atoms with Crippen molar-refractivity contribution >= 4 is 23.1 Å². The number of hydrogen-bond donors (Lipinski definition) is 2. The van der Waals surface area contributed by atoms with Gasteiger partial charge < -0.3 is 9.94 Å². The minimum absolute atomic E-state index is 0.160. The number of hydrazone groups is 1. The van der Waals surface area contributed by atoms with Crippen LogP contribution in [0.4, 0.5) is 5.69 Å². The monoisotopic (exact) mass is 263 g/mol. The van der Waals surface area contributed by atoms with Crippen molar-refractivity contribution in [1.29, 1.82) is 0 Å². The number of carbonyl (C=O) groups is 1. The number of benzene rings is 1. The molecule has 0 saturated carbocycles. The Labute approximate surface area is 111 Å². The Hall–Kier alpha value is -2.37. The molecule has 0 fully saturated rings. The van der Waals surface area contributed by atoms with E-state index in [9.17, 15) is 4.79 Å². The van der Waals surface area contributed by atoms with Crippen molar-refractivity contribution in [3.8, 4) is 0 Å². The van der Waals surface area contributed by atoms with E-state index < -0.39 is 0 Å². The highest BCUT2D eigenvalue weighted by Gasteiger charge is 2.06. The van der Waals surface area contributed by atoms with Crippen molar-refractivity contribution < 1.29 is 14.7 Å². The Morgan fingerprint density at radius 3 is 2.58 bits per heavy atom. The van der Waals surface area contributed by atoms with E-state index in [-0.39, 0.29) is 12.6 Å². The Balaban J connectivity index is 2.53. The van der Waals surface area contributed by atoms with Crippen molar-refractivity contribution in [2.75, 3.05) is 12.0 Å². The third-order valence-electron chi connectivity index (χ3n) is 2.31. The van der Waals surface area contributed by atoms with E-state index in [1.165, 1.54) is 6.92 Å². The van der Waals surface area contributed by atoms with Crippen LogP contribution in [-0.4, -0.2) is 29.2 Å². The number of oxime groups is 1. The van der Waals surface area contributed by atoms with E-state index in [0.29, 0.717) is 17.8 Å². The molecule has 0 radical (unpaired) electrons. The molecule has 0 bridgehead atoms. The zero-order chi connectivity index (χ0) is 14.1. The van der Waals surface area contributed by atoms with Gasteiger partial charge in [-0.1, -0.05) is 23.4 Å². The Kier molecular flexibility index (Phi) is 6.08. The largest absolute Gasteiger partial charge is 0.465 e. The van der Waals surface area contributed by atoms with E-state index in [1.54, 1.807) is 6.92 Å². The van der Waals surface area contributed by atoms with Crippen LogP contribution in [0.1, 0.15) is 20.3 Å². The van der Waals surface area contributed by atoms with Crippen molar-refractivity contribution in [2.45, 2.75) is 20.3 Å². The van der Waals surface area contributed by atoms with Crippen LogP contribution in [0.15, 0.2) is 40.6 Å². The van der Waals surface area contributed by atoms with Crippen LogP contribution in [0.3, 0.4) is 0 Å². The molecular weight excluding hydrogens is 246 g/mol. The molecule has 102 valence electrons. The number of para-hydroxylation sites is 1. The first-order valence-corrected chi connectivity index (χ1v) is 5.83. The van der Waals surface area contributed by atoms with E-state index >= 15 is 0 Å². The van der Waals surface area contributed by atoms with Gasteiger partial charge in [0, 0.05) is 13.3 Å². The van der Waals surface area contributed by atoms with Crippen molar-refractivity contribution in [3.05, 3.63) is 30.3 Å². The number of anilines is 1. The first-order chi connectivity index (χ1) is 9.13. The minimum atomic E-state index is -0.366. The molecule has 1 rings (SSSR count). The number of esters is 1. The molecule has 19 heavy (non-hydrogen) atoms. The smallest absolute Gasteiger partial charge is 0.302 e. The second kappa shape index (κ2) is 7.86. The number of ether oxygens (including phenoxy) is 1. The molecule has 0 amide bonds. The average molecular weight is 263 g/mol. The summed E-state index contributed by atoms with van der Waals surface area (Å²) in [7, 11) is 0. The standard InChI is InChI=1S/C13H17N3O3/c1-10(13(16-18)8-9-19-11(2)17)14-15-12-6-4-3-5-7-12/h3-7,15,18H,8-9H2,1-2H3/b14-10-,16-13+. The van der Waals surface area contributed by atoms with Gasteiger partial charge in [-0.15, -0.1) is 0 Å². The van der Waals surface area contributed by atoms with Gasteiger partial charge in [0.25, 0.3) is 0 Å². The molecule has 2 N–H and O–H groups in total. The lowest BCUT2D eigenvalue weighted by atomic mass is 10.2. The number of carbonyl (C=O) groups excluding carboxylic acids is 1. The van der Waals surface area contributed by atoms with Crippen molar-refractivity contribution in [3.63, 3.8) is 0 Å². The van der Waals surface area contributed by atoms with Gasteiger partial charge in [-0.05, 0) is 19.1 Å². The molecule has 0 saturated heterocycles. The molecule has 1 aromatic rings. The lowest BCUT2D eigenvalue weighted by Gasteiger charge is -2.05. The van der Waals surface area contributed by atoms with Crippen LogP contribution >= 0.6 is 0 Å². The number of rotatable bonds is 6. The van der Waals surface area contributed by atoms with E-state index in [0.717, 1.165) is 5.69 Å². The maximum atomic E-state index is 10.6. The molecule has 6 heteroatoms. The Morgan fingerprint density at radius 2 is 2.00 bits per heavy atom. The molecule has 0 aliphatic rings. The topological polar surface area (TPSA) is 83.3 Å². The van der Waals surface area contributed by atoms with Crippen LogP contribution in [0.5, 0.6) is 0 Å². The highest BCUT2D eigenvalue weighted by atomic mass is 16.5. The van der Waals surface area contributed by atoms with Gasteiger partial charge in [-0.3, -0.25) is 10.2 Å². The Bertz CT molecular complexity index is 469. The summed E-state index contributed by atoms with van der Waals surface area (Å²) < 4.78 is 4.78. The average Bonchev–Trinajstić information content (AvgIpc) is 2.42. The highest BCUT2D eigenvalue weighted by molar-refractivity contribution is 6.41. The second-order valence-corrected chi connectivity index (χ2v) is 3.81. The van der Waals surface area contributed by atoms with Crippen molar-refractivity contribution in [1.82, 2.24) is 0 Å². The van der Waals surface area contributed by atoms with Gasteiger partial charge in [0.15, 0.2) is 0 Å². The lowest BCUT2D eigenvalue weighted by molar-refractivity contribution is -0.140. The summed E-state index contributed by atoms with van der Waals surface area (Å²) in [6.07, 6.45) is 0.307. The third kappa shape index (κ3) is 5.67. The number of hydrogen-bond acceptors (Lipinski definition) is 6. The first kappa shape index (κ1) is 14.7. The SMILES string of the molecule is CC(=O)OCCC(=N\O)/C(C)=N\Nc1ccccc1. The van der Waals surface area contributed by atoms with Gasteiger partial charge >= 0.3 is 5.97 Å². The fourth-order valence-electron chi connectivity index (χ4n) is 1.32. The maximum absolute atomic E-state index is 10.6. The molecule has 0 aromatic heterocycles. The first-order valence-electron chi connectivity index (χ1n) is 5.83. The third-order valence-corrected chi connectivity index (χ3v) is 2.31. The van der Waals surface area contributed by atoms with Gasteiger partial charge in [-0.2, -0.15) is 5.10 Å². The fourth-order valence-corrected chi connectivity index (χ4v) is 1.32. The molecule has 0 unspecified atom stereocenters. The molecule has 0 heterocycles. The summed E-state index contributed by atoms with van der Waals surface area (Å²) in [5.74, 6) is -0.366. The van der Waals surface area contributed by atoms with Gasteiger partial charge in [-0.25, -0.2) is 0 Å². The van der Waals surface area contributed by atoms with Gasteiger partial charge in [0.1, 0.15) is 5.71 Å². The Morgan fingerprint density at radius 1 is 1.32 bits per heavy atom. The van der Waals surface area contributed by atoms with Crippen molar-refractivity contribution in [2.24, 2.45) is 10.3 Å². The number of nitrogens with zero attached hydrogens (tertiary/aromatic N) is 2. The predicted octanol–water partition coefficient (Wildman–Crippen LogP) is 2.26. The molecular formula is C13H17N3O3. The molecule has 6 nitrogen and oxygen atoms in total. The normalized spacial score (nSPS) is 12.1. The van der Waals surface area contributed by atoms with E-state index in [1.807, 2.05) is 30.3 Å². The zero-order valence-electron chi connectivity index (χ0n) is 11.0. The fraction of sp³-hybridized carbons (Fsp3) is 0.308. The lowest BCUT2D eigenvalue weighted by Crippen LogP contribution is -2.16. The van der Waals surface area contributed by atoms with Crippen LogP contribution in [0, 0.1) is 0 Å². The van der Waals surface area contributed by atoms with Crippen LogP contribution in [-0.2, 0) is 9.53 Å². The molecule has 1 aromatic carbocycles. The summed E-state index contributed by atoms with van der Waals surface area (Å²) in [5.41, 5.74) is 4.57. The van der Waals surface area contributed by atoms with E-state index in [2.05, 4.69) is 15.7 Å². The predicted molar refractivity (Wildman–Crippen MR) is 73.6 cm³/mol. The summed E-state index contributed by atoms with van der Waals surface area (Å²) in [5, 5.41) is 16.1. The minimum Gasteiger partial charge on any atom is -0.465 e. The second-order valence-electron chi connectivity index (χ2n) is 3.81. The number of nitrogens with one attached hydrogen (secondary N) is 1. The molecule has 0 aliphatic heterocycles. The summed E-state index contributed by atoms with van der Waals surface area (Å²) in [6.45, 7) is 3.19. The highest BCUT2D eigenvalue weighted by Crippen LogP contribution is 2.05. The summed E-state index contributed by atoms with van der Waals surface area (Å²) in [6, 6.07) is 9.40. The molecule has 0 atom stereocenters. The molecule has 0 aliphatic carbocycles. The van der Waals surface area contributed by atoms with Gasteiger partial charge in [0.05, 0.1) is 18.0 Å². The van der Waals surface area contributed by atoms with Crippen LogP contribution in [0.25, 0.3) is 0 Å². The molecule has 0 spiro atoms. The van der Waals surface area contributed by atoms with Crippen LogP contribution in [0.2, 0.25) is 0 Å². The summed E-state index contributed by atoms with van der Waals surface area (Å²) >= 11 is 0. The maximum Gasteiger partial charge on any atom is 0.302 e. The van der Waals surface area contributed by atoms with E-state index in [4.69, 9.17) is 9.94 Å². The van der Waals surface area contributed by atoms with Crippen LogP contribution < -0.4 is 5.43 Å².